The van der Waals surface area contributed by atoms with Crippen LogP contribution in [0, 0.1) is 0 Å². The van der Waals surface area contributed by atoms with Crippen LogP contribution in [0.15, 0.2) is 12.4 Å². The maximum absolute atomic E-state index is 9.29. The summed E-state index contributed by atoms with van der Waals surface area (Å²) in [4.78, 5) is 0. The Bertz CT molecular complexity index is 200. The molecule has 0 aliphatic carbocycles. The van der Waals surface area contributed by atoms with Crippen molar-refractivity contribution < 1.29 is 10.2 Å². The Hall–Kier alpha value is -0.910. The van der Waals surface area contributed by atoms with E-state index in [1.807, 2.05) is 0 Å². The Morgan fingerprint density at radius 1 is 1.64 bits per heavy atom. The number of aromatic amines is 1. The molecular weight excluding hydrogens is 146 g/mol. The summed E-state index contributed by atoms with van der Waals surface area (Å²) in [6, 6.07) is 0. The van der Waals surface area contributed by atoms with Gasteiger partial charge in [0.25, 0.3) is 0 Å². The lowest BCUT2D eigenvalue weighted by molar-refractivity contribution is 0.0243. The number of hydrogen-bond acceptors (Lipinski definition) is 4. The normalized spacial score (nSPS) is 16.3. The maximum atomic E-state index is 9.29. The molecule has 0 saturated heterocycles. The summed E-state index contributed by atoms with van der Waals surface area (Å²) in [6.45, 7) is 0.0341. The molecule has 5 heteroatoms. The van der Waals surface area contributed by atoms with Gasteiger partial charge in [-0.25, -0.2) is 0 Å². The van der Waals surface area contributed by atoms with Crippen molar-refractivity contribution in [2.45, 2.75) is 12.2 Å². The molecule has 62 valence electrons. The van der Waals surface area contributed by atoms with Crippen LogP contribution >= 0.6 is 0 Å². The predicted molar refractivity (Wildman–Crippen MR) is 38.6 cm³/mol. The maximum Gasteiger partial charge on any atom is 0.109 e. The van der Waals surface area contributed by atoms with Crippen LogP contribution in [0.4, 0.5) is 0 Å². The number of aromatic nitrogens is 2. The minimum absolute atomic E-state index is 0.0341. The standard InChI is InChI=1S/C6H11N3O2/c7-1-5(10)6(11)4-2-8-9-3-4/h2-3,5-6,10-11H,1,7H2,(H,8,9). The van der Waals surface area contributed by atoms with E-state index in [1.165, 1.54) is 12.4 Å². The fourth-order valence-corrected chi connectivity index (χ4v) is 0.774. The summed E-state index contributed by atoms with van der Waals surface area (Å²) in [5, 5.41) is 24.5. The highest BCUT2D eigenvalue weighted by atomic mass is 16.3. The number of nitrogens with zero attached hydrogens (tertiary/aromatic N) is 1. The summed E-state index contributed by atoms with van der Waals surface area (Å²) in [7, 11) is 0. The lowest BCUT2D eigenvalue weighted by Crippen LogP contribution is -2.26. The van der Waals surface area contributed by atoms with Crippen LogP contribution in [0.3, 0.4) is 0 Å². The fourth-order valence-electron chi connectivity index (χ4n) is 0.774. The Balaban J connectivity index is 2.62. The monoisotopic (exact) mass is 157 g/mol. The van der Waals surface area contributed by atoms with Crippen LogP contribution in [-0.2, 0) is 0 Å². The molecule has 5 N–H and O–H groups in total. The van der Waals surface area contributed by atoms with Gasteiger partial charge in [-0.05, 0) is 0 Å². The zero-order chi connectivity index (χ0) is 8.27. The largest absolute Gasteiger partial charge is 0.389 e. The molecule has 0 aromatic carbocycles. The van der Waals surface area contributed by atoms with Gasteiger partial charge in [0.05, 0.1) is 12.3 Å². The molecule has 0 saturated carbocycles. The van der Waals surface area contributed by atoms with Crippen molar-refractivity contribution in [3.8, 4) is 0 Å². The number of rotatable bonds is 3. The van der Waals surface area contributed by atoms with Gasteiger partial charge in [-0.15, -0.1) is 0 Å². The van der Waals surface area contributed by atoms with Crippen LogP contribution in [0.2, 0.25) is 0 Å². The highest BCUT2D eigenvalue weighted by Crippen LogP contribution is 2.13. The van der Waals surface area contributed by atoms with Crippen LogP contribution in [0.5, 0.6) is 0 Å². The molecule has 1 rings (SSSR count). The smallest absolute Gasteiger partial charge is 0.109 e. The average molecular weight is 157 g/mol. The van der Waals surface area contributed by atoms with Gasteiger partial charge in [0, 0.05) is 18.3 Å². The minimum atomic E-state index is -0.946. The van der Waals surface area contributed by atoms with Crippen molar-refractivity contribution in [3.05, 3.63) is 18.0 Å². The Morgan fingerprint density at radius 2 is 2.36 bits per heavy atom. The van der Waals surface area contributed by atoms with E-state index in [1.54, 1.807) is 0 Å². The van der Waals surface area contributed by atoms with Crippen LogP contribution in [0.1, 0.15) is 11.7 Å². The molecule has 0 aliphatic rings. The minimum Gasteiger partial charge on any atom is -0.389 e. The van der Waals surface area contributed by atoms with Crippen molar-refractivity contribution in [2.75, 3.05) is 6.54 Å². The van der Waals surface area contributed by atoms with E-state index in [2.05, 4.69) is 10.2 Å². The topological polar surface area (TPSA) is 95.2 Å². The van der Waals surface area contributed by atoms with Gasteiger partial charge in [-0.3, -0.25) is 5.10 Å². The summed E-state index contributed by atoms with van der Waals surface area (Å²) in [5.74, 6) is 0. The van der Waals surface area contributed by atoms with Gasteiger partial charge in [0.2, 0.25) is 0 Å². The number of H-pyrrole nitrogens is 1. The molecular formula is C6H11N3O2. The molecule has 0 radical (unpaired) electrons. The lowest BCUT2D eigenvalue weighted by atomic mass is 10.1. The molecule has 0 aliphatic heterocycles. The highest BCUT2D eigenvalue weighted by Gasteiger charge is 2.16. The van der Waals surface area contributed by atoms with E-state index in [0.29, 0.717) is 5.56 Å². The quantitative estimate of drug-likeness (QED) is 0.441. The van der Waals surface area contributed by atoms with Gasteiger partial charge >= 0.3 is 0 Å². The second kappa shape index (κ2) is 3.47. The Morgan fingerprint density at radius 3 is 2.82 bits per heavy atom. The first kappa shape index (κ1) is 8.19. The van der Waals surface area contributed by atoms with Crippen LogP contribution < -0.4 is 5.73 Å². The van der Waals surface area contributed by atoms with Gasteiger partial charge in [-0.1, -0.05) is 0 Å². The van der Waals surface area contributed by atoms with Crippen molar-refractivity contribution in [3.63, 3.8) is 0 Å². The van der Waals surface area contributed by atoms with Crippen LogP contribution in [-0.4, -0.2) is 33.1 Å². The third kappa shape index (κ3) is 1.76. The fraction of sp³-hybridized carbons (Fsp3) is 0.500. The molecule has 0 fully saturated rings. The second-order valence-corrected chi connectivity index (χ2v) is 2.28. The van der Waals surface area contributed by atoms with Crippen molar-refractivity contribution in [1.82, 2.24) is 10.2 Å². The molecule has 2 atom stereocenters. The first-order chi connectivity index (χ1) is 5.25. The van der Waals surface area contributed by atoms with E-state index in [-0.39, 0.29) is 6.54 Å². The number of nitrogens with one attached hydrogen (secondary N) is 1. The Kier molecular flexibility index (Phi) is 2.58. The molecule has 1 aromatic rings. The van der Waals surface area contributed by atoms with Gasteiger partial charge in [-0.2, -0.15) is 5.10 Å². The molecule has 5 nitrogen and oxygen atoms in total. The van der Waals surface area contributed by atoms with Gasteiger partial charge < -0.3 is 15.9 Å². The summed E-state index contributed by atoms with van der Waals surface area (Å²) >= 11 is 0. The number of aliphatic hydroxyl groups is 2. The number of nitrogens with two attached hydrogens (primary N) is 1. The average Bonchev–Trinajstić information content (AvgIpc) is 2.53. The van der Waals surface area contributed by atoms with Crippen molar-refractivity contribution in [1.29, 1.82) is 0 Å². The molecule has 0 bridgehead atoms. The first-order valence-corrected chi connectivity index (χ1v) is 3.30. The first-order valence-electron chi connectivity index (χ1n) is 3.30. The van der Waals surface area contributed by atoms with E-state index >= 15 is 0 Å². The van der Waals surface area contributed by atoms with E-state index in [0.717, 1.165) is 0 Å². The van der Waals surface area contributed by atoms with E-state index < -0.39 is 12.2 Å². The van der Waals surface area contributed by atoms with Gasteiger partial charge in [0.15, 0.2) is 0 Å². The van der Waals surface area contributed by atoms with E-state index in [4.69, 9.17) is 10.8 Å². The highest BCUT2D eigenvalue weighted by molar-refractivity contribution is 5.08. The van der Waals surface area contributed by atoms with Gasteiger partial charge in [0.1, 0.15) is 6.10 Å². The van der Waals surface area contributed by atoms with Crippen LogP contribution in [0.25, 0.3) is 0 Å². The molecule has 11 heavy (non-hydrogen) atoms. The number of hydrogen-bond donors (Lipinski definition) is 4. The molecule has 1 aromatic heterocycles. The molecule has 1 heterocycles. The summed E-state index contributed by atoms with van der Waals surface area (Å²) in [5.41, 5.74) is 5.68. The zero-order valence-corrected chi connectivity index (χ0v) is 5.94. The SMILES string of the molecule is NCC(O)C(O)c1cn[nH]c1. The predicted octanol–water partition coefficient (Wildman–Crippen LogP) is -1.24. The summed E-state index contributed by atoms with van der Waals surface area (Å²) in [6.07, 6.45) is 1.10. The second-order valence-electron chi connectivity index (χ2n) is 2.28. The Labute approximate surface area is 63.9 Å². The third-order valence-electron chi connectivity index (χ3n) is 1.47. The number of aliphatic hydroxyl groups excluding tert-OH is 2. The molecule has 2 unspecified atom stereocenters. The summed E-state index contributed by atoms with van der Waals surface area (Å²) < 4.78 is 0. The molecule has 0 spiro atoms. The van der Waals surface area contributed by atoms with Crippen molar-refractivity contribution in [2.24, 2.45) is 5.73 Å². The van der Waals surface area contributed by atoms with Crippen molar-refractivity contribution >= 4 is 0 Å². The zero-order valence-electron chi connectivity index (χ0n) is 5.94. The molecule has 0 amide bonds. The van der Waals surface area contributed by atoms with E-state index in [9.17, 15) is 5.11 Å². The lowest BCUT2D eigenvalue weighted by Gasteiger charge is -2.13. The third-order valence-corrected chi connectivity index (χ3v) is 1.47.